The van der Waals surface area contributed by atoms with Crippen molar-refractivity contribution in [3.05, 3.63) is 23.8 Å². The highest BCUT2D eigenvalue weighted by atomic mass is 16.5. The van der Waals surface area contributed by atoms with Crippen LogP contribution in [-0.2, 0) is 0 Å². The summed E-state index contributed by atoms with van der Waals surface area (Å²) in [6.45, 7) is 11.5. The zero-order valence-corrected chi connectivity index (χ0v) is 13.8. The highest BCUT2D eigenvalue weighted by Gasteiger charge is 2.18. The molecule has 1 unspecified atom stereocenters. The lowest BCUT2D eigenvalue weighted by Gasteiger charge is -2.21. The van der Waals surface area contributed by atoms with Gasteiger partial charge in [-0.25, -0.2) is 0 Å². The van der Waals surface area contributed by atoms with Crippen LogP contribution in [0.4, 0.5) is 5.69 Å². The first-order valence-corrected chi connectivity index (χ1v) is 8.16. The van der Waals surface area contributed by atoms with Gasteiger partial charge in [-0.05, 0) is 38.2 Å². The molecular formula is C17H27N3O2. The molecule has 5 nitrogen and oxygen atoms in total. The molecule has 1 heterocycles. The van der Waals surface area contributed by atoms with E-state index < -0.39 is 0 Å². The summed E-state index contributed by atoms with van der Waals surface area (Å²) < 4.78 is 5.54. The van der Waals surface area contributed by atoms with Gasteiger partial charge in [-0.2, -0.15) is 0 Å². The fourth-order valence-electron chi connectivity index (χ4n) is 2.62. The standard InChI is InChI=1S/C17H27N3O2/c1-4-20(5-2)10-8-18-13(3)17(21)14-6-7-16-15(12-14)19-9-11-22-16/h6-7,12-13,18-19H,4-5,8-11H2,1-3H3. The summed E-state index contributed by atoms with van der Waals surface area (Å²) in [7, 11) is 0. The van der Waals surface area contributed by atoms with Crippen LogP contribution in [-0.4, -0.2) is 56.1 Å². The Kier molecular flexibility index (Phi) is 6.21. The Labute approximate surface area is 133 Å². The number of hydrogen-bond acceptors (Lipinski definition) is 5. The van der Waals surface area contributed by atoms with Crippen molar-refractivity contribution in [2.45, 2.75) is 26.8 Å². The van der Waals surface area contributed by atoms with Crippen molar-refractivity contribution in [2.24, 2.45) is 0 Å². The van der Waals surface area contributed by atoms with Gasteiger partial charge < -0.3 is 20.3 Å². The third kappa shape index (κ3) is 4.21. The van der Waals surface area contributed by atoms with E-state index in [1.165, 1.54) is 0 Å². The molecule has 1 aromatic carbocycles. The lowest BCUT2D eigenvalue weighted by Crippen LogP contribution is -2.39. The van der Waals surface area contributed by atoms with Gasteiger partial charge in [0.2, 0.25) is 0 Å². The monoisotopic (exact) mass is 305 g/mol. The highest BCUT2D eigenvalue weighted by molar-refractivity contribution is 6.01. The van der Waals surface area contributed by atoms with E-state index in [9.17, 15) is 4.79 Å². The van der Waals surface area contributed by atoms with E-state index in [1.54, 1.807) is 0 Å². The number of ketones is 1. The number of likely N-dealkylation sites (N-methyl/N-ethyl adjacent to an activating group) is 1. The van der Waals surface area contributed by atoms with E-state index in [0.717, 1.165) is 49.7 Å². The molecule has 1 aromatic rings. The molecule has 0 aromatic heterocycles. The van der Waals surface area contributed by atoms with Crippen LogP contribution in [0.1, 0.15) is 31.1 Å². The van der Waals surface area contributed by atoms with Gasteiger partial charge in [0.05, 0.1) is 11.7 Å². The van der Waals surface area contributed by atoms with Gasteiger partial charge in [0.1, 0.15) is 12.4 Å². The minimum Gasteiger partial charge on any atom is -0.490 e. The normalized spacial score (nSPS) is 14.9. The molecule has 0 bridgehead atoms. The van der Waals surface area contributed by atoms with E-state index in [-0.39, 0.29) is 11.8 Å². The smallest absolute Gasteiger partial charge is 0.179 e. The SMILES string of the molecule is CCN(CC)CCNC(C)C(=O)c1ccc2c(c1)NCCO2. The topological polar surface area (TPSA) is 53.6 Å². The highest BCUT2D eigenvalue weighted by Crippen LogP contribution is 2.28. The first-order chi connectivity index (χ1) is 10.7. The van der Waals surface area contributed by atoms with E-state index in [2.05, 4.69) is 29.4 Å². The molecular weight excluding hydrogens is 278 g/mol. The maximum absolute atomic E-state index is 12.5. The predicted molar refractivity (Wildman–Crippen MR) is 90.0 cm³/mol. The average Bonchev–Trinajstić information content (AvgIpc) is 2.57. The number of nitrogens with one attached hydrogen (secondary N) is 2. The molecule has 0 radical (unpaired) electrons. The number of fused-ring (bicyclic) bond motifs is 1. The van der Waals surface area contributed by atoms with E-state index >= 15 is 0 Å². The minimum atomic E-state index is -0.182. The van der Waals surface area contributed by atoms with Crippen molar-refractivity contribution in [1.29, 1.82) is 0 Å². The summed E-state index contributed by atoms with van der Waals surface area (Å²) in [6, 6.07) is 5.42. The number of hydrogen-bond donors (Lipinski definition) is 2. The van der Waals surface area contributed by atoms with E-state index in [1.807, 2.05) is 25.1 Å². The van der Waals surface area contributed by atoms with Gasteiger partial charge in [-0.3, -0.25) is 4.79 Å². The Balaban J connectivity index is 1.90. The molecule has 1 aliphatic rings. The van der Waals surface area contributed by atoms with Crippen LogP contribution in [0.3, 0.4) is 0 Å². The van der Waals surface area contributed by atoms with Crippen molar-refractivity contribution < 1.29 is 9.53 Å². The number of carbonyl (C=O) groups is 1. The van der Waals surface area contributed by atoms with Crippen molar-refractivity contribution >= 4 is 11.5 Å². The fourth-order valence-corrected chi connectivity index (χ4v) is 2.62. The van der Waals surface area contributed by atoms with Crippen LogP contribution >= 0.6 is 0 Å². The lowest BCUT2D eigenvalue weighted by atomic mass is 10.0. The second-order valence-corrected chi connectivity index (χ2v) is 5.55. The van der Waals surface area contributed by atoms with Gasteiger partial charge in [-0.1, -0.05) is 13.8 Å². The molecule has 0 fully saturated rings. The van der Waals surface area contributed by atoms with Crippen LogP contribution < -0.4 is 15.4 Å². The molecule has 0 saturated carbocycles. The Morgan fingerprint density at radius 1 is 1.41 bits per heavy atom. The molecule has 0 aliphatic carbocycles. The summed E-state index contributed by atoms with van der Waals surface area (Å²) >= 11 is 0. The van der Waals surface area contributed by atoms with E-state index in [0.29, 0.717) is 6.61 Å². The fraction of sp³-hybridized carbons (Fsp3) is 0.588. The van der Waals surface area contributed by atoms with Crippen LogP contribution in [0.15, 0.2) is 18.2 Å². The number of benzene rings is 1. The summed E-state index contributed by atoms with van der Waals surface area (Å²) in [5, 5.41) is 6.58. The number of nitrogens with zero attached hydrogens (tertiary/aromatic N) is 1. The van der Waals surface area contributed by atoms with Crippen molar-refractivity contribution in [2.75, 3.05) is 44.6 Å². The third-order valence-electron chi connectivity index (χ3n) is 4.11. The second-order valence-electron chi connectivity index (χ2n) is 5.55. The van der Waals surface area contributed by atoms with Gasteiger partial charge >= 0.3 is 0 Å². The van der Waals surface area contributed by atoms with Crippen molar-refractivity contribution in [3.8, 4) is 5.75 Å². The van der Waals surface area contributed by atoms with Crippen LogP contribution in [0, 0.1) is 0 Å². The Morgan fingerprint density at radius 2 is 2.18 bits per heavy atom. The average molecular weight is 305 g/mol. The molecule has 1 aliphatic heterocycles. The molecule has 0 spiro atoms. The molecule has 1 atom stereocenters. The molecule has 5 heteroatoms. The second kappa shape index (κ2) is 8.15. The van der Waals surface area contributed by atoms with Gasteiger partial charge in [0, 0.05) is 25.2 Å². The maximum atomic E-state index is 12.5. The zero-order valence-electron chi connectivity index (χ0n) is 13.8. The Bertz CT molecular complexity index is 501. The molecule has 0 saturated heterocycles. The quantitative estimate of drug-likeness (QED) is 0.720. The molecule has 122 valence electrons. The largest absolute Gasteiger partial charge is 0.490 e. The Hall–Kier alpha value is -1.59. The van der Waals surface area contributed by atoms with Crippen LogP contribution in [0.2, 0.25) is 0 Å². The maximum Gasteiger partial charge on any atom is 0.179 e. The number of carbonyl (C=O) groups excluding carboxylic acids is 1. The van der Waals surface area contributed by atoms with Crippen LogP contribution in [0.5, 0.6) is 5.75 Å². The summed E-state index contributed by atoms with van der Waals surface area (Å²) in [5.74, 6) is 0.944. The van der Waals surface area contributed by atoms with E-state index in [4.69, 9.17) is 4.74 Å². The molecule has 22 heavy (non-hydrogen) atoms. The first kappa shape index (κ1) is 16.8. The first-order valence-electron chi connectivity index (χ1n) is 8.16. The minimum absolute atomic E-state index is 0.120. The molecule has 2 N–H and O–H groups in total. The van der Waals surface area contributed by atoms with Crippen molar-refractivity contribution in [1.82, 2.24) is 10.2 Å². The number of ether oxygens (including phenoxy) is 1. The molecule has 2 rings (SSSR count). The zero-order chi connectivity index (χ0) is 15.9. The summed E-state index contributed by atoms with van der Waals surface area (Å²) in [4.78, 5) is 14.8. The number of Topliss-reactive ketones (excluding diaryl/α,β-unsaturated/α-hetero) is 1. The number of rotatable bonds is 8. The van der Waals surface area contributed by atoms with Crippen molar-refractivity contribution in [3.63, 3.8) is 0 Å². The van der Waals surface area contributed by atoms with Gasteiger partial charge in [-0.15, -0.1) is 0 Å². The Morgan fingerprint density at radius 3 is 2.91 bits per heavy atom. The van der Waals surface area contributed by atoms with Gasteiger partial charge in [0.25, 0.3) is 0 Å². The summed E-state index contributed by atoms with van der Waals surface area (Å²) in [5.41, 5.74) is 1.63. The predicted octanol–water partition coefficient (Wildman–Crippen LogP) is 1.99. The summed E-state index contributed by atoms with van der Waals surface area (Å²) in [6.07, 6.45) is 0. The number of anilines is 1. The lowest BCUT2D eigenvalue weighted by molar-refractivity contribution is 0.0949. The third-order valence-corrected chi connectivity index (χ3v) is 4.11. The van der Waals surface area contributed by atoms with Gasteiger partial charge in [0.15, 0.2) is 5.78 Å². The van der Waals surface area contributed by atoms with Crippen LogP contribution in [0.25, 0.3) is 0 Å². The molecule has 0 amide bonds.